The zero-order chi connectivity index (χ0) is 14.6. The van der Waals surface area contributed by atoms with Crippen molar-refractivity contribution >= 4 is 5.78 Å². The number of rotatable bonds is 1. The molecule has 2 saturated carbocycles. The minimum absolute atomic E-state index is 0.0888. The van der Waals surface area contributed by atoms with E-state index >= 15 is 0 Å². The van der Waals surface area contributed by atoms with Gasteiger partial charge in [0.25, 0.3) is 0 Å². The van der Waals surface area contributed by atoms with Crippen LogP contribution in [0.15, 0.2) is 18.2 Å². The molecule has 1 aromatic carbocycles. The Bertz CT molecular complexity index is 594. The van der Waals surface area contributed by atoms with E-state index in [4.69, 9.17) is 9.47 Å². The van der Waals surface area contributed by atoms with Gasteiger partial charge in [-0.25, -0.2) is 0 Å². The number of benzene rings is 1. The van der Waals surface area contributed by atoms with E-state index in [1.165, 1.54) is 5.56 Å². The number of carbonyl (C=O) groups excluding carboxylic acids is 1. The fraction of sp³-hybridized carbons (Fsp3) is 0.611. The van der Waals surface area contributed by atoms with E-state index in [0.717, 1.165) is 43.8 Å². The predicted molar refractivity (Wildman–Crippen MR) is 79.8 cm³/mol. The molecule has 1 aromatic rings. The fourth-order valence-corrected chi connectivity index (χ4v) is 4.94. The summed E-state index contributed by atoms with van der Waals surface area (Å²) in [5.74, 6) is 3.85. The van der Waals surface area contributed by atoms with E-state index in [2.05, 4.69) is 13.0 Å². The summed E-state index contributed by atoms with van der Waals surface area (Å²) < 4.78 is 11.3. The van der Waals surface area contributed by atoms with E-state index in [1.807, 2.05) is 12.1 Å². The van der Waals surface area contributed by atoms with E-state index in [-0.39, 0.29) is 5.41 Å². The molecule has 4 rings (SSSR count). The van der Waals surface area contributed by atoms with Crippen LogP contribution >= 0.6 is 0 Å². The number of methoxy groups -OCH3 is 1. The van der Waals surface area contributed by atoms with E-state index < -0.39 is 0 Å². The van der Waals surface area contributed by atoms with Crippen LogP contribution in [0.4, 0.5) is 0 Å². The molecule has 2 fully saturated rings. The Labute approximate surface area is 125 Å². The summed E-state index contributed by atoms with van der Waals surface area (Å²) in [6, 6.07) is 6.18. The third-order valence-electron chi connectivity index (χ3n) is 6.20. The molecule has 3 unspecified atom stereocenters. The van der Waals surface area contributed by atoms with Crippen molar-refractivity contribution < 1.29 is 14.3 Å². The number of ether oxygens (including phenoxy) is 2. The summed E-state index contributed by atoms with van der Waals surface area (Å²) in [5, 5.41) is 0. The topological polar surface area (TPSA) is 35.5 Å². The Balaban J connectivity index is 1.70. The van der Waals surface area contributed by atoms with Gasteiger partial charge in [-0.1, -0.05) is 13.0 Å². The lowest BCUT2D eigenvalue weighted by molar-refractivity contribution is -0.129. The van der Waals surface area contributed by atoms with Crippen LogP contribution in [0.3, 0.4) is 0 Å². The van der Waals surface area contributed by atoms with Crippen molar-refractivity contribution in [2.24, 2.45) is 17.3 Å². The van der Waals surface area contributed by atoms with Crippen molar-refractivity contribution in [3.05, 3.63) is 23.8 Å². The molecule has 3 heteroatoms. The van der Waals surface area contributed by atoms with Gasteiger partial charge in [-0.15, -0.1) is 0 Å². The van der Waals surface area contributed by atoms with Gasteiger partial charge in [-0.2, -0.15) is 0 Å². The standard InChI is InChI=1S/C18H22O3/c1-18-8-7-12-13-4-3-11(20-2)9-16(13)21-10-14(12)15(18)5-6-17(18)19/h3-4,9,12,14-15H,5-8,10H2,1-2H3/t12?,14?,15-,18?/m0/s1. The molecule has 0 aromatic heterocycles. The average molecular weight is 286 g/mol. The molecule has 4 atom stereocenters. The third-order valence-corrected chi connectivity index (χ3v) is 6.20. The number of hydrogen-bond donors (Lipinski definition) is 0. The number of ketones is 1. The molecule has 2 aliphatic carbocycles. The van der Waals surface area contributed by atoms with Crippen LogP contribution in [0.2, 0.25) is 0 Å². The molecule has 3 nitrogen and oxygen atoms in total. The monoisotopic (exact) mass is 286 g/mol. The van der Waals surface area contributed by atoms with Gasteiger partial charge in [0.2, 0.25) is 0 Å². The number of hydrogen-bond acceptors (Lipinski definition) is 3. The zero-order valence-corrected chi connectivity index (χ0v) is 12.7. The van der Waals surface area contributed by atoms with Crippen LogP contribution in [0, 0.1) is 17.3 Å². The molecule has 1 heterocycles. The minimum atomic E-state index is -0.0888. The van der Waals surface area contributed by atoms with Crippen molar-refractivity contribution in [3.8, 4) is 11.5 Å². The Morgan fingerprint density at radius 2 is 2.19 bits per heavy atom. The van der Waals surface area contributed by atoms with Crippen molar-refractivity contribution in [1.82, 2.24) is 0 Å². The Morgan fingerprint density at radius 1 is 1.33 bits per heavy atom. The Hall–Kier alpha value is -1.51. The predicted octanol–water partition coefficient (Wildman–Crippen LogP) is 3.57. The van der Waals surface area contributed by atoms with E-state index in [9.17, 15) is 4.79 Å². The lowest BCUT2D eigenvalue weighted by atomic mass is 9.58. The summed E-state index contributed by atoms with van der Waals surface area (Å²) in [7, 11) is 1.68. The second-order valence-electron chi connectivity index (χ2n) is 7.01. The SMILES string of the molecule is COc1ccc2c(c1)OCC1C2CCC2(C)C(=O)CC[C@@H]12. The summed E-state index contributed by atoms with van der Waals surface area (Å²) >= 11 is 0. The molecule has 112 valence electrons. The highest BCUT2D eigenvalue weighted by molar-refractivity contribution is 5.87. The van der Waals surface area contributed by atoms with Gasteiger partial charge >= 0.3 is 0 Å². The first kappa shape index (κ1) is 13.2. The van der Waals surface area contributed by atoms with E-state index in [1.54, 1.807) is 7.11 Å². The molecule has 1 aliphatic heterocycles. The highest BCUT2D eigenvalue weighted by Crippen LogP contribution is 2.59. The lowest BCUT2D eigenvalue weighted by Crippen LogP contribution is -2.44. The first-order valence-electron chi connectivity index (χ1n) is 7.97. The van der Waals surface area contributed by atoms with Crippen molar-refractivity contribution in [2.75, 3.05) is 13.7 Å². The van der Waals surface area contributed by atoms with Crippen LogP contribution in [0.1, 0.15) is 44.1 Å². The van der Waals surface area contributed by atoms with Crippen molar-refractivity contribution in [2.45, 2.75) is 38.5 Å². The van der Waals surface area contributed by atoms with Gasteiger partial charge in [-0.3, -0.25) is 4.79 Å². The van der Waals surface area contributed by atoms with Crippen LogP contribution in [0.25, 0.3) is 0 Å². The average Bonchev–Trinajstić information content (AvgIpc) is 2.82. The smallest absolute Gasteiger partial charge is 0.139 e. The first-order valence-corrected chi connectivity index (χ1v) is 7.97. The maximum atomic E-state index is 12.3. The number of carbonyl (C=O) groups is 1. The molecular weight excluding hydrogens is 264 g/mol. The quantitative estimate of drug-likeness (QED) is 0.791. The molecular formula is C18H22O3. The second-order valence-corrected chi connectivity index (χ2v) is 7.01. The van der Waals surface area contributed by atoms with Gasteiger partial charge in [0, 0.05) is 23.8 Å². The zero-order valence-electron chi connectivity index (χ0n) is 12.7. The van der Waals surface area contributed by atoms with E-state index in [0.29, 0.717) is 23.5 Å². The van der Waals surface area contributed by atoms with Crippen LogP contribution in [0.5, 0.6) is 11.5 Å². The van der Waals surface area contributed by atoms with Crippen LogP contribution < -0.4 is 9.47 Å². The number of Topliss-reactive ketones (excluding diaryl/α,β-unsaturated/α-hetero) is 1. The third kappa shape index (κ3) is 1.76. The highest BCUT2D eigenvalue weighted by atomic mass is 16.5. The maximum Gasteiger partial charge on any atom is 0.139 e. The number of fused-ring (bicyclic) bond motifs is 5. The summed E-state index contributed by atoms with van der Waals surface area (Å²) in [5.41, 5.74) is 1.22. The fourth-order valence-electron chi connectivity index (χ4n) is 4.94. The molecule has 0 N–H and O–H groups in total. The lowest BCUT2D eigenvalue weighted by Gasteiger charge is -2.47. The molecule has 0 radical (unpaired) electrons. The summed E-state index contributed by atoms with van der Waals surface area (Å²) in [6.45, 7) is 2.94. The van der Waals surface area contributed by atoms with Gasteiger partial charge in [0.05, 0.1) is 13.7 Å². The van der Waals surface area contributed by atoms with Gasteiger partial charge in [-0.05, 0) is 42.7 Å². The van der Waals surface area contributed by atoms with Crippen molar-refractivity contribution in [1.29, 1.82) is 0 Å². The van der Waals surface area contributed by atoms with Gasteiger partial charge in [0.1, 0.15) is 17.3 Å². The highest BCUT2D eigenvalue weighted by Gasteiger charge is 2.55. The molecule has 3 aliphatic rings. The van der Waals surface area contributed by atoms with Gasteiger partial charge < -0.3 is 9.47 Å². The Kier molecular flexibility index (Phi) is 2.82. The Morgan fingerprint density at radius 3 is 3.00 bits per heavy atom. The largest absolute Gasteiger partial charge is 0.497 e. The van der Waals surface area contributed by atoms with Crippen LogP contribution in [-0.4, -0.2) is 19.5 Å². The first-order chi connectivity index (χ1) is 10.1. The summed E-state index contributed by atoms with van der Waals surface area (Å²) in [4.78, 5) is 12.3. The summed E-state index contributed by atoms with van der Waals surface area (Å²) in [6.07, 6.45) is 3.94. The normalized spacial score (nSPS) is 37.2. The van der Waals surface area contributed by atoms with Gasteiger partial charge in [0.15, 0.2) is 0 Å². The second kappa shape index (κ2) is 4.49. The van der Waals surface area contributed by atoms with Crippen LogP contribution in [-0.2, 0) is 4.79 Å². The molecule has 0 amide bonds. The minimum Gasteiger partial charge on any atom is -0.497 e. The molecule has 21 heavy (non-hydrogen) atoms. The molecule has 0 spiro atoms. The molecule has 0 bridgehead atoms. The molecule has 0 saturated heterocycles. The van der Waals surface area contributed by atoms with Crippen molar-refractivity contribution in [3.63, 3.8) is 0 Å². The maximum absolute atomic E-state index is 12.3.